The van der Waals surface area contributed by atoms with Gasteiger partial charge in [-0.05, 0) is 0 Å². The second kappa shape index (κ2) is 5.16. The fraction of sp³-hybridized carbons (Fsp3) is 0.417. The number of alkyl halides is 1. The molecule has 6 N–H and O–H groups in total. The van der Waals surface area contributed by atoms with Gasteiger partial charge in [0.25, 0.3) is 5.91 Å². The van der Waals surface area contributed by atoms with Gasteiger partial charge in [0.1, 0.15) is 30.0 Å². The van der Waals surface area contributed by atoms with Gasteiger partial charge in [0.05, 0.1) is 17.6 Å². The largest absolute Gasteiger partial charge is 0.394 e. The van der Waals surface area contributed by atoms with E-state index >= 15 is 0 Å². The van der Waals surface area contributed by atoms with Crippen molar-refractivity contribution in [3.8, 4) is 0 Å². The minimum absolute atomic E-state index is 0.0283. The zero-order chi connectivity index (χ0) is 16.0. The molecule has 3 heterocycles. The molecule has 2 aromatic rings. The standard InChI is InChI=1S/C12H14FN5O4/c13-7-5(2-19)22-12(8(7)20)18-1-4(10(15)21)6-9(14)16-3-17-11(6)18/h1,3,5,7-8,12,19-20H,2H2,(H2,15,21)(H2,14,16,17)/t5-,7+,8-,12-/m1/s1. The Bertz CT molecular complexity index is 736. The summed E-state index contributed by atoms with van der Waals surface area (Å²) >= 11 is 0. The first-order valence-corrected chi connectivity index (χ1v) is 6.45. The molecule has 9 nitrogen and oxygen atoms in total. The van der Waals surface area contributed by atoms with E-state index in [1.807, 2.05) is 0 Å². The third-order valence-electron chi connectivity index (χ3n) is 3.65. The molecule has 1 fully saturated rings. The zero-order valence-corrected chi connectivity index (χ0v) is 11.3. The van der Waals surface area contributed by atoms with Crippen molar-refractivity contribution in [3.05, 3.63) is 18.1 Å². The number of carbonyl (C=O) groups excluding carboxylic acids is 1. The Morgan fingerprint density at radius 1 is 1.50 bits per heavy atom. The van der Waals surface area contributed by atoms with Crippen LogP contribution in [0.15, 0.2) is 12.5 Å². The quantitative estimate of drug-likeness (QED) is 0.550. The van der Waals surface area contributed by atoms with Crippen LogP contribution in [0.3, 0.4) is 0 Å². The lowest BCUT2D eigenvalue weighted by atomic mass is 10.1. The summed E-state index contributed by atoms with van der Waals surface area (Å²) in [6.07, 6.45) is -3.21. The summed E-state index contributed by atoms with van der Waals surface area (Å²) in [4.78, 5) is 19.3. The van der Waals surface area contributed by atoms with E-state index in [9.17, 15) is 14.3 Å². The van der Waals surface area contributed by atoms with E-state index in [4.69, 9.17) is 21.3 Å². The lowest BCUT2D eigenvalue weighted by Crippen LogP contribution is -2.29. The van der Waals surface area contributed by atoms with E-state index in [0.717, 1.165) is 6.33 Å². The Morgan fingerprint density at radius 3 is 2.82 bits per heavy atom. The number of primary amides is 1. The van der Waals surface area contributed by atoms with Gasteiger partial charge in [-0.15, -0.1) is 0 Å². The van der Waals surface area contributed by atoms with E-state index in [2.05, 4.69) is 9.97 Å². The fourth-order valence-electron chi connectivity index (χ4n) is 2.57. The number of rotatable bonds is 3. The number of anilines is 1. The second-order valence-corrected chi connectivity index (χ2v) is 4.95. The van der Waals surface area contributed by atoms with Gasteiger partial charge in [0.2, 0.25) is 0 Å². The van der Waals surface area contributed by atoms with Gasteiger partial charge in [-0.3, -0.25) is 4.79 Å². The minimum atomic E-state index is -1.77. The van der Waals surface area contributed by atoms with E-state index < -0.39 is 37.1 Å². The number of hydrogen-bond acceptors (Lipinski definition) is 7. The molecule has 0 saturated carbocycles. The van der Waals surface area contributed by atoms with Gasteiger partial charge in [0.15, 0.2) is 12.4 Å². The highest BCUT2D eigenvalue weighted by atomic mass is 19.1. The Hall–Kier alpha value is -2.30. The van der Waals surface area contributed by atoms with Crippen LogP contribution in [0.25, 0.3) is 11.0 Å². The van der Waals surface area contributed by atoms with Crippen LogP contribution >= 0.6 is 0 Å². The van der Waals surface area contributed by atoms with Crippen LogP contribution < -0.4 is 11.5 Å². The highest BCUT2D eigenvalue weighted by Crippen LogP contribution is 2.35. The summed E-state index contributed by atoms with van der Waals surface area (Å²) in [7, 11) is 0. The van der Waals surface area contributed by atoms with Crippen LogP contribution in [0.2, 0.25) is 0 Å². The van der Waals surface area contributed by atoms with Gasteiger partial charge in [-0.2, -0.15) is 0 Å². The van der Waals surface area contributed by atoms with Crippen molar-refractivity contribution < 1.29 is 24.1 Å². The van der Waals surface area contributed by atoms with Crippen molar-refractivity contribution in [2.75, 3.05) is 12.3 Å². The van der Waals surface area contributed by atoms with E-state index in [1.54, 1.807) is 0 Å². The Morgan fingerprint density at radius 2 is 2.23 bits per heavy atom. The molecule has 0 bridgehead atoms. The number of hydrogen-bond donors (Lipinski definition) is 4. The molecule has 1 aliphatic rings. The molecular weight excluding hydrogens is 297 g/mol. The fourth-order valence-corrected chi connectivity index (χ4v) is 2.57. The van der Waals surface area contributed by atoms with Crippen molar-refractivity contribution in [2.45, 2.75) is 24.6 Å². The summed E-state index contributed by atoms with van der Waals surface area (Å²) < 4.78 is 20.4. The number of ether oxygens (including phenoxy) is 1. The summed E-state index contributed by atoms with van der Waals surface area (Å²) in [5, 5.41) is 19.2. The maximum atomic E-state index is 13.9. The van der Waals surface area contributed by atoms with E-state index in [0.29, 0.717) is 0 Å². The van der Waals surface area contributed by atoms with Crippen molar-refractivity contribution in [3.63, 3.8) is 0 Å². The molecule has 1 aliphatic heterocycles. The number of nitrogens with two attached hydrogens (primary N) is 2. The second-order valence-electron chi connectivity index (χ2n) is 4.95. The number of nitrogen functional groups attached to an aromatic ring is 1. The molecule has 118 valence electrons. The average molecular weight is 311 g/mol. The van der Waals surface area contributed by atoms with Crippen LogP contribution in [0.4, 0.5) is 10.2 Å². The van der Waals surface area contributed by atoms with Gasteiger partial charge in [-0.25, -0.2) is 14.4 Å². The molecule has 10 heteroatoms. The van der Waals surface area contributed by atoms with Crippen molar-refractivity contribution in [2.24, 2.45) is 5.73 Å². The predicted molar refractivity (Wildman–Crippen MR) is 72.4 cm³/mol. The molecule has 0 spiro atoms. The van der Waals surface area contributed by atoms with Crippen LogP contribution in [-0.4, -0.2) is 55.6 Å². The zero-order valence-electron chi connectivity index (χ0n) is 11.3. The number of aliphatic hydroxyl groups is 2. The Labute approximate surface area is 123 Å². The summed E-state index contributed by atoms with van der Waals surface area (Å²) in [6, 6.07) is 0. The van der Waals surface area contributed by atoms with E-state index in [1.165, 1.54) is 10.8 Å². The van der Waals surface area contributed by atoms with Gasteiger partial charge in [0, 0.05) is 6.20 Å². The number of fused-ring (bicyclic) bond motifs is 1. The topological polar surface area (TPSA) is 150 Å². The molecule has 2 aromatic heterocycles. The highest BCUT2D eigenvalue weighted by molar-refractivity contribution is 6.08. The molecule has 0 aromatic carbocycles. The van der Waals surface area contributed by atoms with Gasteiger partial charge in [-0.1, -0.05) is 0 Å². The monoisotopic (exact) mass is 311 g/mol. The van der Waals surface area contributed by atoms with Crippen molar-refractivity contribution in [1.29, 1.82) is 0 Å². The maximum Gasteiger partial charge on any atom is 0.251 e. The molecule has 0 radical (unpaired) electrons. The molecule has 22 heavy (non-hydrogen) atoms. The number of carbonyl (C=O) groups is 1. The van der Waals surface area contributed by atoms with Crippen LogP contribution in [0.5, 0.6) is 0 Å². The third kappa shape index (κ3) is 2.00. The number of aliphatic hydroxyl groups excluding tert-OH is 2. The molecule has 0 unspecified atom stereocenters. The first kappa shape index (κ1) is 14.6. The number of amides is 1. The van der Waals surface area contributed by atoms with Crippen molar-refractivity contribution in [1.82, 2.24) is 14.5 Å². The number of aromatic nitrogens is 3. The Kier molecular flexibility index (Phi) is 3.43. The lowest BCUT2D eigenvalue weighted by molar-refractivity contribution is -0.0493. The first-order chi connectivity index (χ1) is 10.5. The van der Waals surface area contributed by atoms with Gasteiger partial charge >= 0.3 is 0 Å². The Balaban J connectivity index is 2.16. The SMILES string of the molecule is NC(=O)c1cn([C@@H]2O[C@H](CO)[C@H](F)[C@H]2O)c2ncnc(N)c12. The normalized spacial score (nSPS) is 28.3. The van der Waals surface area contributed by atoms with Crippen molar-refractivity contribution >= 4 is 22.8 Å². The highest BCUT2D eigenvalue weighted by Gasteiger charge is 2.45. The molecular formula is C12H14FN5O4. The predicted octanol–water partition coefficient (Wildman–Crippen LogP) is -1.30. The molecule has 4 atom stereocenters. The van der Waals surface area contributed by atoms with Gasteiger partial charge < -0.3 is 31.0 Å². The number of nitrogens with zero attached hydrogens (tertiary/aromatic N) is 3. The van der Waals surface area contributed by atoms with Crippen LogP contribution in [0, 0.1) is 0 Å². The molecule has 3 rings (SSSR count). The smallest absolute Gasteiger partial charge is 0.251 e. The molecule has 1 amide bonds. The number of halogens is 1. The van der Waals surface area contributed by atoms with Crippen LogP contribution in [-0.2, 0) is 4.74 Å². The minimum Gasteiger partial charge on any atom is -0.394 e. The third-order valence-corrected chi connectivity index (χ3v) is 3.65. The molecule has 1 saturated heterocycles. The average Bonchev–Trinajstić information content (AvgIpc) is 3.00. The summed E-state index contributed by atoms with van der Waals surface area (Å²) in [6.45, 7) is -0.590. The molecule has 0 aliphatic carbocycles. The van der Waals surface area contributed by atoms with Crippen LogP contribution in [0.1, 0.15) is 16.6 Å². The summed E-state index contributed by atoms with van der Waals surface area (Å²) in [5.41, 5.74) is 11.2. The lowest BCUT2D eigenvalue weighted by Gasteiger charge is -2.16. The van der Waals surface area contributed by atoms with E-state index in [-0.39, 0.29) is 22.4 Å². The maximum absolute atomic E-state index is 13.9. The first-order valence-electron chi connectivity index (χ1n) is 6.45. The summed E-state index contributed by atoms with van der Waals surface area (Å²) in [5.74, 6) is -0.742.